The number of hydrogen-bond donors (Lipinski definition) is 0. The molecule has 0 bridgehead atoms. The normalized spacial score (nSPS) is 8.38. The van der Waals surface area contributed by atoms with Gasteiger partial charge in [0.1, 0.15) is 10.8 Å². The molecular weight excluding hydrogens is 170 g/mol. The summed E-state index contributed by atoms with van der Waals surface area (Å²) in [4.78, 5) is 9.68. The summed E-state index contributed by atoms with van der Waals surface area (Å²) in [6.07, 6.45) is 0.719. The predicted octanol–water partition coefficient (Wildman–Crippen LogP) is 2.46. The number of aldehydes is 1. The topological polar surface area (TPSA) is 17.1 Å². The highest BCUT2D eigenvalue weighted by Gasteiger charge is 1.94. The lowest BCUT2D eigenvalue weighted by atomic mass is 10.5. The van der Waals surface area contributed by atoms with Gasteiger partial charge >= 0.3 is 0 Å². The molecule has 0 aliphatic heterocycles. The van der Waals surface area contributed by atoms with E-state index in [9.17, 15) is 4.79 Å². The van der Waals surface area contributed by atoms with Crippen molar-refractivity contribution in [2.45, 2.75) is 6.42 Å². The van der Waals surface area contributed by atoms with Gasteiger partial charge in [0.2, 0.25) is 0 Å². The van der Waals surface area contributed by atoms with Crippen molar-refractivity contribution in [2.75, 3.05) is 0 Å². The number of hydrogen-bond acceptors (Lipinski definition) is 1. The lowest BCUT2D eigenvalue weighted by Gasteiger charge is -1.86. The zero-order valence-electron chi connectivity index (χ0n) is 3.83. The highest BCUT2D eigenvalue weighted by Crippen LogP contribution is 2.19. The summed E-state index contributed by atoms with van der Waals surface area (Å²) in [5, 5.41) is 0.184. The quantitative estimate of drug-likeness (QED) is 0.586. The zero-order chi connectivity index (χ0) is 6.57. The molecular formula is C4H3Cl3O. The van der Waals surface area contributed by atoms with Gasteiger partial charge in [-0.05, 0) is 0 Å². The van der Waals surface area contributed by atoms with Crippen LogP contribution in [0.3, 0.4) is 0 Å². The molecule has 1 nitrogen and oxygen atoms in total. The number of carbonyl (C=O) groups excluding carboxylic acids is 1. The second kappa shape index (κ2) is 4.19. The van der Waals surface area contributed by atoms with Gasteiger partial charge in [0.25, 0.3) is 0 Å². The van der Waals surface area contributed by atoms with Crippen LogP contribution in [0.4, 0.5) is 0 Å². The molecule has 0 unspecified atom stereocenters. The molecule has 0 aliphatic carbocycles. The summed E-state index contributed by atoms with van der Waals surface area (Å²) in [6.45, 7) is 0. The SMILES string of the molecule is O=CCC(Cl)=C(Cl)Cl. The lowest BCUT2D eigenvalue weighted by molar-refractivity contribution is -0.107. The Hall–Kier alpha value is 0.280. The van der Waals surface area contributed by atoms with Crippen LogP contribution >= 0.6 is 34.8 Å². The van der Waals surface area contributed by atoms with Gasteiger partial charge in [0, 0.05) is 6.42 Å². The van der Waals surface area contributed by atoms with E-state index in [-0.39, 0.29) is 15.9 Å². The first-order valence-corrected chi connectivity index (χ1v) is 2.95. The van der Waals surface area contributed by atoms with E-state index in [1.807, 2.05) is 0 Å². The molecule has 46 valence electrons. The maximum absolute atomic E-state index is 9.68. The van der Waals surface area contributed by atoms with Crippen molar-refractivity contribution in [1.82, 2.24) is 0 Å². The second-order valence-corrected chi connectivity index (χ2v) is 2.44. The summed E-state index contributed by atoms with van der Waals surface area (Å²) in [5.41, 5.74) is 0. The Balaban J connectivity index is 3.79. The Labute approximate surface area is 62.2 Å². The van der Waals surface area contributed by atoms with Gasteiger partial charge in [-0.1, -0.05) is 34.8 Å². The highest BCUT2D eigenvalue weighted by atomic mass is 35.5. The summed E-state index contributed by atoms with van der Waals surface area (Å²) in [5.74, 6) is 0. The van der Waals surface area contributed by atoms with E-state index in [1.54, 1.807) is 0 Å². The van der Waals surface area contributed by atoms with Crippen LogP contribution < -0.4 is 0 Å². The Morgan fingerprint density at radius 3 is 2.00 bits per heavy atom. The van der Waals surface area contributed by atoms with Crippen molar-refractivity contribution >= 4 is 41.1 Å². The third kappa shape index (κ3) is 3.30. The molecule has 0 fully saturated rings. The summed E-state index contributed by atoms with van der Waals surface area (Å²) in [6, 6.07) is 0. The van der Waals surface area contributed by atoms with E-state index in [1.165, 1.54) is 0 Å². The molecule has 8 heavy (non-hydrogen) atoms. The molecule has 0 aromatic rings. The molecule has 0 spiro atoms. The van der Waals surface area contributed by atoms with Crippen molar-refractivity contribution in [3.05, 3.63) is 9.52 Å². The Morgan fingerprint density at radius 1 is 1.38 bits per heavy atom. The van der Waals surface area contributed by atoms with E-state index in [2.05, 4.69) is 0 Å². The van der Waals surface area contributed by atoms with E-state index in [0.717, 1.165) is 0 Å². The zero-order valence-corrected chi connectivity index (χ0v) is 6.09. The molecule has 0 heterocycles. The van der Waals surface area contributed by atoms with E-state index in [4.69, 9.17) is 34.8 Å². The van der Waals surface area contributed by atoms with Crippen LogP contribution in [0.2, 0.25) is 0 Å². The fraction of sp³-hybridized carbons (Fsp3) is 0.250. The van der Waals surface area contributed by atoms with Crippen molar-refractivity contribution in [3.8, 4) is 0 Å². The second-order valence-electron chi connectivity index (χ2n) is 1.04. The largest absolute Gasteiger partial charge is 0.303 e. The van der Waals surface area contributed by atoms with Gasteiger partial charge < -0.3 is 4.79 Å². The minimum absolute atomic E-state index is 0.0428. The van der Waals surface area contributed by atoms with Gasteiger partial charge in [0.15, 0.2) is 0 Å². The number of halogens is 3. The third-order valence-electron chi connectivity index (χ3n) is 0.468. The molecule has 0 aromatic heterocycles. The van der Waals surface area contributed by atoms with E-state index in [0.29, 0.717) is 6.29 Å². The first kappa shape index (κ1) is 8.28. The van der Waals surface area contributed by atoms with Crippen LogP contribution in [0.25, 0.3) is 0 Å². The van der Waals surface area contributed by atoms with Crippen LogP contribution in [0.5, 0.6) is 0 Å². The van der Waals surface area contributed by atoms with Gasteiger partial charge in [-0.3, -0.25) is 0 Å². The maximum atomic E-state index is 9.68. The first-order chi connectivity index (χ1) is 3.68. The number of allylic oxidation sites excluding steroid dienone is 1. The van der Waals surface area contributed by atoms with Gasteiger partial charge in [-0.15, -0.1) is 0 Å². The Bertz CT molecular complexity index is 114. The molecule has 0 atom stereocenters. The van der Waals surface area contributed by atoms with E-state index < -0.39 is 0 Å². The fourth-order valence-electron chi connectivity index (χ4n) is 0.150. The minimum atomic E-state index is -0.0428. The lowest BCUT2D eigenvalue weighted by Crippen LogP contribution is -1.73. The summed E-state index contributed by atoms with van der Waals surface area (Å²) in [7, 11) is 0. The highest BCUT2D eigenvalue weighted by molar-refractivity contribution is 6.59. The fourth-order valence-corrected chi connectivity index (χ4v) is 0.368. The smallest absolute Gasteiger partial charge is 0.125 e. The minimum Gasteiger partial charge on any atom is -0.303 e. The van der Waals surface area contributed by atoms with Crippen LogP contribution in [-0.4, -0.2) is 6.29 Å². The van der Waals surface area contributed by atoms with Crippen molar-refractivity contribution in [1.29, 1.82) is 0 Å². The first-order valence-electron chi connectivity index (χ1n) is 1.81. The molecule has 0 aliphatic rings. The predicted molar refractivity (Wildman–Crippen MR) is 35.3 cm³/mol. The van der Waals surface area contributed by atoms with Crippen LogP contribution in [0.15, 0.2) is 9.52 Å². The molecule has 0 radical (unpaired) electrons. The maximum Gasteiger partial charge on any atom is 0.125 e. The monoisotopic (exact) mass is 172 g/mol. The molecule has 0 rings (SSSR count). The van der Waals surface area contributed by atoms with Gasteiger partial charge in [-0.2, -0.15) is 0 Å². The third-order valence-corrected chi connectivity index (χ3v) is 1.46. The van der Waals surface area contributed by atoms with E-state index >= 15 is 0 Å². The van der Waals surface area contributed by atoms with Gasteiger partial charge in [-0.25, -0.2) is 0 Å². The van der Waals surface area contributed by atoms with Crippen molar-refractivity contribution < 1.29 is 4.79 Å². The number of carbonyl (C=O) groups is 1. The molecule has 4 heteroatoms. The Kier molecular flexibility index (Phi) is 4.33. The van der Waals surface area contributed by atoms with Crippen molar-refractivity contribution in [3.63, 3.8) is 0 Å². The summed E-state index contributed by atoms with van der Waals surface area (Å²) < 4.78 is -0.0428. The van der Waals surface area contributed by atoms with Crippen LogP contribution in [0, 0.1) is 0 Å². The molecule has 0 amide bonds. The Morgan fingerprint density at radius 2 is 1.88 bits per heavy atom. The van der Waals surface area contributed by atoms with Crippen LogP contribution in [-0.2, 0) is 4.79 Å². The van der Waals surface area contributed by atoms with Gasteiger partial charge in [0.05, 0.1) is 5.03 Å². The average molecular weight is 173 g/mol. The number of rotatable bonds is 2. The average Bonchev–Trinajstić information content (AvgIpc) is 1.67. The molecule has 0 N–H and O–H groups in total. The standard InChI is InChI=1S/C4H3Cl3O/c5-3(1-2-8)4(6)7/h2H,1H2. The molecule has 0 aromatic carbocycles. The molecule has 0 saturated carbocycles. The van der Waals surface area contributed by atoms with Crippen molar-refractivity contribution in [2.24, 2.45) is 0 Å². The summed E-state index contributed by atoms with van der Waals surface area (Å²) >= 11 is 15.6. The van der Waals surface area contributed by atoms with Crippen LogP contribution in [0.1, 0.15) is 6.42 Å². The molecule has 0 saturated heterocycles.